The first-order valence-electron chi connectivity index (χ1n) is 8.04. The lowest BCUT2D eigenvalue weighted by atomic mass is 9.95. The summed E-state index contributed by atoms with van der Waals surface area (Å²) in [6.45, 7) is 0.854. The van der Waals surface area contributed by atoms with Crippen molar-refractivity contribution in [1.82, 2.24) is 20.0 Å². The zero-order chi connectivity index (χ0) is 17.2. The first kappa shape index (κ1) is 16.4. The number of nitrogens with one attached hydrogen (secondary N) is 1. The van der Waals surface area contributed by atoms with Crippen LogP contribution in [0.25, 0.3) is 10.9 Å². The number of rotatable bonds is 5. The minimum atomic E-state index is -0.923. The fourth-order valence-corrected chi connectivity index (χ4v) is 3.49. The van der Waals surface area contributed by atoms with E-state index in [4.69, 9.17) is 4.74 Å². The number of ether oxygens (including phenoxy) is 1. The Kier molecular flexibility index (Phi) is 4.53. The molecule has 1 aromatic heterocycles. The van der Waals surface area contributed by atoms with Crippen molar-refractivity contribution >= 4 is 22.7 Å². The van der Waals surface area contributed by atoms with E-state index < -0.39 is 5.54 Å². The van der Waals surface area contributed by atoms with Crippen LogP contribution in [-0.4, -0.2) is 59.3 Å². The minimum Gasteiger partial charge on any atom is -0.382 e. The SMILES string of the molecule is CNC(=O)C1(COC)CCCN1C(=O)Cn1cc2ccccc2n1. The highest BCUT2D eigenvalue weighted by Gasteiger charge is 2.49. The topological polar surface area (TPSA) is 76.5 Å². The Balaban J connectivity index is 1.83. The Morgan fingerprint density at radius 2 is 2.17 bits per heavy atom. The Morgan fingerprint density at radius 1 is 1.38 bits per heavy atom. The van der Waals surface area contributed by atoms with E-state index in [1.165, 1.54) is 0 Å². The maximum absolute atomic E-state index is 12.8. The smallest absolute Gasteiger partial charge is 0.248 e. The van der Waals surface area contributed by atoms with Crippen molar-refractivity contribution in [2.45, 2.75) is 24.9 Å². The number of carbonyl (C=O) groups is 2. The number of amides is 2. The number of likely N-dealkylation sites (tertiary alicyclic amines) is 1. The first-order valence-corrected chi connectivity index (χ1v) is 8.04. The van der Waals surface area contributed by atoms with Gasteiger partial charge < -0.3 is 15.0 Å². The van der Waals surface area contributed by atoms with Crippen LogP contribution in [0.15, 0.2) is 30.5 Å². The second kappa shape index (κ2) is 6.60. The molecular weight excluding hydrogens is 308 g/mol. The number of hydrogen-bond donors (Lipinski definition) is 1. The Hall–Kier alpha value is -2.41. The molecule has 1 fully saturated rings. The molecule has 0 saturated carbocycles. The molecule has 7 heteroatoms. The molecule has 1 unspecified atom stereocenters. The molecule has 1 aliphatic rings. The van der Waals surface area contributed by atoms with Crippen LogP contribution in [0.1, 0.15) is 12.8 Å². The van der Waals surface area contributed by atoms with Crippen molar-refractivity contribution in [1.29, 1.82) is 0 Å². The van der Waals surface area contributed by atoms with Gasteiger partial charge in [-0.3, -0.25) is 14.3 Å². The Labute approximate surface area is 140 Å². The zero-order valence-corrected chi connectivity index (χ0v) is 14.0. The van der Waals surface area contributed by atoms with Crippen LogP contribution in [-0.2, 0) is 20.9 Å². The number of aromatic nitrogens is 2. The van der Waals surface area contributed by atoms with E-state index >= 15 is 0 Å². The van der Waals surface area contributed by atoms with Crippen LogP contribution in [0.4, 0.5) is 0 Å². The highest BCUT2D eigenvalue weighted by atomic mass is 16.5. The van der Waals surface area contributed by atoms with Gasteiger partial charge in [0, 0.05) is 32.3 Å². The van der Waals surface area contributed by atoms with Gasteiger partial charge in [0.15, 0.2) is 0 Å². The van der Waals surface area contributed by atoms with Gasteiger partial charge in [-0.15, -0.1) is 0 Å². The van der Waals surface area contributed by atoms with E-state index in [0.717, 1.165) is 17.3 Å². The van der Waals surface area contributed by atoms with Crippen LogP contribution >= 0.6 is 0 Å². The highest BCUT2D eigenvalue weighted by molar-refractivity contribution is 5.92. The molecule has 128 valence electrons. The predicted molar refractivity (Wildman–Crippen MR) is 89.4 cm³/mol. The van der Waals surface area contributed by atoms with Crippen LogP contribution in [0.3, 0.4) is 0 Å². The predicted octanol–water partition coefficient (Wildman–Crippen LogP) is 0.790. The van der Waals surface area contributed by atoms with E-state index in [0.29, 0.717) is 13.0 Å². The molecule has 1 N–H and O–H groups in total. The largest absolute Gasteiger partial charge is 0.382 e. The third-order valence-corrected chi connectivity index (χ3v) is 4.58. The zero-order valence-electron chi connectivity index (χ0n) is 14.0. The van der Waals surface area contributed by atoms with Gasteiger partial charge in [0.25, 0.3) is 0 Å². The minimum absolute atomic E-state index is 0.108. The van der Waals surface area contributed by atoms with Crippen LogP contribution in [0, 0.1) is 0 Å². The summed E-state index contributed by atoms with van der Waals surface area (Å²) >= 11 is 0. The monoisotopic (exact) mass is 330 g/mol. The lowest BCUT2D eigenvalue weighted by Crippen LogP contribution is -2.60. The number of benzene rings is 1. The number of carbonyl (C=O) groups excluding carboxylic acids is 2. The molecule has 1 saturated heterocycles. The van der Waals surface area contributed by atoms with E-state index in [1.54, 1.807) is 23.7 Å². The maximum atomic E-state index is 12.8. The van der Waals surface area contributed by atoms with Gasteiger partial charge in [-0.25, -0.2) is 0 Å². The molecular formula is C17H22N4O3. The van der Waals surface area contributed by atoms with E-state index in [-0.39, 0.29) is 25.0 Å². The molecule has 2 aromatic rings. The molecule has 24 heavy (non-hydrogen) atoms. The Bertz CT molecular complexity index is 724. The molecule has 0 aliphatic carbocycles. The average Bonchev–Trinajstić information content (AvgIpc) is 3.18. The summed E-state index contributed by atoms with van der Waals surface area (Å²) in [4.78, 5) is 26.9. The van der Waals surface area contributed by atoms with Gasteiger partial charge in [-0.05, 0) is 18.9 Å². The van der Waals surface area contributed by atoms with Crippen molar-refractivity contribution in [2.24, 2.45) is 0 Å². The lowest BCUT2D eigenvalue weighted by molar-refractivity contribution is -0.148. The van der Waals surface area contributed by atoms with E-state index in [2.05, 4.69) is 10.4 Å². The summed E-state index contributed by atoms with van der Waals surface area (Å²) in [6.07, 6.45) is 3.23. The summed E-state index contributed by atoms with van der Waals surface area (Å²) in [7, 11) is 3.13. The molecule has 0 radical (unpaired) electrons. The summed E-state index contributed by atoms with van der Waals surface area (Å²) in [6, 6.07) is 7.72. The number of hydrogen-bond acceptors (Lipinski definition) is 4. The molecule has 0 bridgehead atoms. The molecule has 2 heterocycles. The van der Waals surface area contributed by atoms with Crippen LogP contribution in [0.5, 0.6) is 0 Å². The van der Waals surface area contributed by atoms with Crippen molar-refractivity contribution in [3.8, 4) is 0 Å². The van der Waals surface area contributed by atoms with Crippen molar-refractivity contribution in [3.05, 3.63) is 30.5 Å². The summed E-state index contributed by atoms with van der Waals surface area (Å²) in [5.74, 6) is -0.304. The standard InChI is InChI=1S/C17H22N4O3/c1-18-16(23)17(12-24-2)8-5-9-21(17)15(22)11-20-10-13-6-3-4-7-14(13)19-20/h3-4,6-7,10H,5,8-9,11-12H2,1-2H3,(H,18,23). The number of fused-ring (bicyclic) bond motifs is 1. The second-order valence-corrected chi connectivity index (χ2v) is 6.08. The highest BCUT2D eigenvalue weighted by Crippen LogP contribution is 2.30. The van der Waals surface area contributed by atoms with Gasteiger partial charge in [0.2, 0.25) is 11.8 Å². The molecule has 2 amide bonds. The van der Waals surface area contributed by atoms with Crippen molar-refractivity contribution in [3.63, 3.8) is 0 Å². The average molecular weight is 330 g/mol. The molecule has 0 spiro atoms. The normalized spacial score (nSPS) is 20.5. The van der Waals surface area contributed by atoms with Crippen LogP contribution < -0.4 is 5.32 Å². The van der Waals surface area contributed by atoms with E-state index in [1.807, 2.05) is 30.5 Å². The van der Waals surface area contributed by atoms with Gasteiger partial charge in [0.05, 0.1) is 12.1 Å². The quantitative estimate of drug-likeness (QED) is 0.879. The lowest BCUT2D eigenvalue weighted by Gasteiger charge is -2.36. The fourth-order valence-electron chi connectivity index (χ4n) is 3.49. The summed E-state index contributed by atoms with van der Waals surface area (Å²) in [5.41, 5.74) is -0.0751. The van der Waals surface area contributed by atoms with Gasteiger partial charge in [-0.1, -0.05) is 18.2 Å². The first-order chi connectivity index (χ1) is 11.6. The molecule has 3 rings (SSSR count). The molecule has 1 atom stereocenters. The third-order valence-electron chi connectivity index (χ3n) is 4.58. The fraction of sp³-hybridized carbons (Fsp3) is 0.471. The van der Waals surface area contributed by atoms with Gasteiger partial charge in [-0.2, -0.15) is 5.10 Å². The van der Waals surface area contributed by atoms with Crippen molar-refractivity contribution < 1.29 is 14.3 Å². The summed E-state index contributed by atoms with van der Waals surface area (Å²) < 4.78 is 6.89. The van der Waals surface area contributed by atoms with Crippen molar-refractivity contribution in [2.75, 3.05) is 27.3 Å². The second-order valence-electron chi connectivity index (χ2n) is 6.08. The number of likely N-dealkylation sites (N-methyl/N-ethyl adjacent to an activating group) is 1. The van der Waals surface area contributed by atoms with Gasteiger partial charge in [0.1, 0.15) is 12.1 Å². The number of methoxy groups -OCH3 is 1. The summed E-state index contributed by atoms with van der Waals surface area (Å²) in [5, 5.41) is 8.07. The molecule has 7 nitrogen and oxygen atoms in total. The molecule has 1 aliphatic heterocycles. The molecule has 1 aromatic carbocycles. The third kappa shape index (κ3) is 2.75. The van der Waals surface area contributed by atoms with Gasteiger partial charge >= 0.3 is 0 Å². The maximum Gasteiger partial charge on any atom is 0.248 e. The van der Waals surface area contributed by atoms with Crippen LogP contribution in [0.2, 0.25) is 0 Å². The number of nitrogens with zero attached hydrogens (tertiary/aromatic N) is 3. The Morgan fingerprint density at radius 3 is 2.88 bits per heavy atom. The van der Waals surface area contributed by atoms with E-state index in [9.17, 15) is 9.59 Å².